The molecule has 0 aliphatic carbocycles. The van der Waals surface area contributed by atoms with Crippen LogP contribution in [0.2, 0.25) is 0 Å². The minimum Gasteiger partial charge on any atom is -0.338 e. The van der Waals surface area contributed by atoms with Crippen molar-refractivity contribution in [3.05, 3.63) is 11.7 Å². The van der Waals surface area contributed by atoms with E-state index in [1.165, 1.54) is 0 Å². The third-order valence-electron chi connectivity index (χ3n) is 1.70. The largest absolute Gasteiger partial charge is 0.338 e. The van der Waals surface area contributed by atoms with Gasteiger partial charge < -0.3 is 4.52 Å². The highest BCUT2D eigenvalue weighted by Crippen LogP contribution is 2.24. The zero-order chi connectivity index (χ0) is 9.80. The second-order valence-corrected chi connectivity index (χ2v) is 5.05. The molecule has 0 aromatic carbocycles. The van der Waals surface area contributed by atoms with Gasteiger partial charge in [0.15, 0.2) is 5.82 Å². The van der Waals surface area contributed by atoms with E-state index in [1.807, 2.05) is 6.92 Å². The Morgan fingerprint density at radius 3 is 3.14 bits per heavy atom. The molecule has 1 aliphatic heterocycles. The van der Waals surface area contributed by atoms with Gasteiger partial charge >= 0.3 is 0 Å². The molecule has 0 bridgehead atoms. The number of rotatable bonds is 3. The summed E-state index contributed by atoms with van der Waals surface area (Å²) in [5.74, 6) is 3.31. The van der Waals surface area contributed by atoms with Gasteiger partial charge in [0.05, 0.1) is 12.3 Å². The lowest BCUT2D eigenvalue weighted by Crippen LogP contribution is -1.86. The van der Waals surface area contributed by atoms with Gasteiger partial charge in [-0.1, -0.05) is 35.6 Å². The molecule has 0 saturated heterocycles. The minimum absolute atomic E-state index is 0.696. The summed E-state index contributed by atoms with van der Waals surface area (Å²) in [6.45, 7) is 2.95. The molecule has 0 saturated carbocycles. The Hall–Kier alpha value is -0.490. The number of hydrogen-bond donors (Lipinski definition) is 0. The smallest absolute Gasteiger partial charge is 0.237 e. The minimum atomic E-state index is 0.696. The van der Waals surface area contributed by atoms with Crippen LogP contribution in [0.3, 0.4) is 0 Å². The van der Waals surface area contributed by atoms with E-state index in [0.29, 0.717) is 5.89 Å². The normalized spacial score (nSPS) is 15.9. The lowest BCUT2D eigenvalue weighted by Gasteiger charge is -1.93. The van der Waals surface area contributed by atoms with E-state index >= 15 is 0 Å². The van der Waals surface area contributed by atoms with Crippen molar-refractivity contribution < 1.29 is 4.52 Å². The second kappa shape index (κ2) is 4.84. The Morgan fingerprint density at radius 1 is 1.57 bits per heavy atom. The molecule has 6 heteroatoms. The van der Waals surface area contributed by atoms with Crippen molar-refractivity contribution in [1.82, 2.24) is 10.1 Å². The van der Waals surface area contributed by atoms with Gasteiger partial charge in [0, 0.05) is 12.2 Å². The van der Waals surface area contributed by atoms with E-state index in [-0.39, 0.29) is 0 Å². The van der Waals surface area contributed by atoms with Gasteiger partial charge in [-0.25, -0.2) is 0 Å². The van der Waals surface area contributed by atoms with Gasteiger partial charge in [0.2, 0.25) is 5.89 Å². The molecule has 1 aromatic rings. The van der Waals surface area contributed by atoms with Crippen molar-refractivity contribution in [3.63, 3.8) is 0 Å². The van der Waals surface area contributed by atoms with Crippen LogP contribution in [-0.4, -0.2) is 26.8 Å². The number of aromatic nitrogens is 2. The van der Waals surface area contributed by atoms with Gasteiger partial charge in [0.1, 0.15) is 4.38 Å². The summed E-state index contributed by atoms with van der Waals surface area (Å²) in [5.41, 5.74) is 0. The predicted octanol–water partition coefficient (Wildman–Crippen LogP) is 1.97. The summed E-state index contributed by atoms with van der Waals surface area (Å²) in [4.78, 5) is 8.56. The molecule has 76 valence electrons. The first-order valence-electron chi connectivity index (χ1n) is 4.50. The molecular formula is C8H11N3OS2. The number of thioether (sulfide) groups is 2. The Kier molecular flexibility index (Phi) is 3.47. The standard InChI is InChI=1S/C8H11N3OS2/c1-2-6-10-7(12-11-6)5-14-8-9-3-4-13-8/h2-5H2,1H3. The molecule has 0 amide bonds. The molecule has 0 radical (unpaired) electrons. The zero-order valence-corrected chi connectivity index (χ0v) is 9.53. The van der Waals surface area contributed by atoms with E-state index in [9.17, 15) is 0 Å². The first kappa shape index (κ1) is 10.0. The van der Waals surface area contributed by atoms with E-state index < -0.39 is 0 Å². The molecule has 1 aromatic heterocycles. The lowest BCUT2D eigenvalue weighted by atomic mass is 10.5. The Balaban J connectivity index is 1.85. The second-order valence-electron chi connectivity index (χ2n) is 2.74. The van der Waals surface area contributed by atoms with Crippen molar-refractivity contribution in [1.29, 1.82) is 0 Å². The summed E-state index contributed by atoms with van der Waals surface area (Å²) in [6, 6.07) is 0. The molecule has 2 rings (SSSR count). The molecule has 0 N–H and O–H groups in total. The molecule has 0 spiro atoms. The molecule has 4 nitrogen and oxygen atoms in total. The highest BCUT2D eigenvalue weighted by molar-refractivity contribution is 8.38. The third kappa shape index (κ3) is 2.51. The molecule has 14 heavy (non-hydrogen) atoms. The van der Waals surface area contributed by atoms with Crippen LogP contribution in [-0.2, 0) is 12.2 Å². The Morgan fingerprint density at radius 2 is 2.50 bits per heavy atom. The summed E-state index contributed by atoms with van der Waals surface area (Å²) in [5, 5.41) is 3.83. The zero-order valence-electron chi connectivity index (χ0n) is 7.89. The van der Waals surface area contributed by atoms with E-state index in [0.717, 1.165) is 34.7 Å². The molecule has 0 atom stereocenters. The van der Waals surface area contributed by atoms with Gasteiger partial charge in [-0.3, -0.25) is 4.99 Å². The van der Waals surface area contributed by atoms with Crippen molar-refractivity contribution in [2.45, 2.75) is 19.1 Å². The molecule has 0 fully saturated rings. The van der Waals surface area contributed by atoms with Crippen molar-refractivity contribution in [2.75, 3.05) is 12.3 Å². The highest BCUT2D eigenvalue weighted by atomic mass is 32.2. The first-order valence-corrected chi connectivity index (χ1v) is 6.47. The average molecular weight is 229 g/mol. The van der Waals surface area contributed by atoms with Crippen LogP contribution < -0.4 is 0 Å². The van der Waals surface area contributed by atoms with Crippen LogP contribution in [0, 0.1) is 0 Å². The SMILES string of the molecule is CCc1noc(CSC2=NCCS2)n1. The molecule has 1 aliphatic rings. The van der Waals surface area contributed by atoms with Gasteiger partial charge in [-0.15, -0.1) is 0 Å². The Bertz CT molecular complexity index is 337. The van der Waals surface area contributed by atoms with Gasteiger partial charge in [0.25, 0.3) is 0 Å². The number of nitrogens with zero attached hydrogens (tertiary/aromatic N) is 3. The predicted molar refractivity (Wildman–Crippen MR) is 59.7 cm³/mol. The first-order chi connectivity index (χ1) is 6.88. The summed E-state index contributed by atoms with van der Waals surface area (Å²) < 4.78 is 6.21. The van der Waals surface area contributed by atoms with Crippen molar-refractivity contribution in [2.24, 2.45) is 4.99 Å². The topological polar surface area (TPSA) is 51.3 Å². The maximum atomic E-state index is 5.07. The van der Waals surface area contributed by atoms with E-state index in [1.54, 1.807) is 23.5 Å². The number of aryl methyl sites for hydroxylation is 1. The van der Waals surface area contributed by atoms with Crippen LogP contribution in [0.25, 0.3) is 0 Å². The quantitative estimate of drug-likeness (QED) is 0.793. The van der Waals surface area contributed by atoms with E-state index in [2.05, 4.69) is 15.1 Å². The summed E-state index contributed by atoms with van der Waals surface area (Å²) >= 11 is 3.47. The number of hydrogen-bond acceptors (Lipinski definition) is 6. The maximum absolute atomic E-state index is 5.07. The Labute approximate surface area is 90.9 Å². The highest BCUT2D eigenvalue weighted by Gasteiger charge is 2.10. The lowest BCUT2D eigenvalue weighted by molar-refractivity contribution is 0.385. The number of aliphatic imine (C=N–C) groups is 1. The molecular weight excluding hydrogens is 218 g/mol. The average Bonchev–Trinajstić information content (AvgIpc) is 2.86. The third-order valence-corrected chi connectivity index (χ3v) is 3.94. The van der Waals surface area contributed by atoms with Crippen LogP contribution in [0.15, 0.2) is 9.52 Å². The fraction of sp³-hybridized carbons (Fsp3) is 0.625. The fourth-order valence-electron chi connectivity index (χ4n) is 1.02. The fourth-order valence-corrected chi connectivity index (χ4v) is 2.87. The van der Waals surface area contributed by atoms with Gasteiger partial charge in [-0.05, 0) is 0 Å². The van der Waals surface area contributed by atoms with Gasteiger partial charge in [-0.2, -0.15) is 4.98 Å². The summed E-state index contributed by atoms with van der Waals surface area (Å²) in [6.07, 6.45) is 0.823. The molecule has 2 heterocycles. The maximum Gasteiger partial charge on any atom is 0.237 e. The monoisotopic (exact) mass is 229 g/mol. The van der Waals surface area contributed by atoms with Crippen LogP contribution >= 0.6 is 23.5 Å². The van der Waals surface area contributed by atoms with Crippen molar-refractivity contribution >= 4 is 27.9 Å². The van der Waals surface area contributed by atoms with Crippen LogP contribution in [0.4, 0.5) is 0 Å². The van der Waals surface area contributed by atoms with Crippen LogP contribution in [0.1, 0.15) is 18.6 Å². The van der Waals surface area contributed by atoms with Crippen LogP contribution in [0.5, 0.6) is 0 Å². The van der Waals surface area contributed by atoms with E-state index in [4.69, 9.17) is 4.52 Å². The molecule has 0 unspecified atom stereocenters. The summed E-state index contributed by atoms with van der Waals surface area (Å²) in [7, 11) is 0. The van der Waals surface area contributed by atoms with Crippen molar-refractivity contribution in [3.8, 4) is 0 Å².